The molecule has 1 aromatic heterocycles. The Morgan fingerprint density at radius 2 is 2.12 bits per heavy atom. The first-order chi connectivity index (χ1) is 7.38. The molecule has 1 aromatic rings. The van der Waals surface area contributed by atoms with Gasteiger partial charge >= 0.3 is 0 Å². The van der Waals surface area contributed by atoms with Crippen LogP contribution in [0.15, 0.2) is 20.1 Å². The fourth-order valence-corrected chi connectivity index (χ4v) is 5.29. The number of rotatable bonds is 5. The highest BCUT2D eigenvalue weighted by Gasteiger charge is 2.23. The van der Waals surface area contributed by atoms with Crippen molar-refractivity contribution in [3.63, 3.8) is 0 Å². The SMILES string of the molecule is CC(CBr)C(C)NS(=O)(=O)c1sccc1Br. The van der Waals surface area contributed by atoms with E-state index in [-0.39, 0.29) is 12.0 Å². The van der Waals surface area contributed by atoms with E-state index in [1.54, 1.807) is 11.4 Å². The maximum absolute atomic E-state index is 12.0. The molecule has 0 aromatic carbocycles. The fraction of sp³-hybridized carbons (Fsp3) is 0.556. The molecular formula is C9H13Br2NO2S2. The molecule has 0 aliphatic carbocycles. The third-order valence-electron chi connectivity index (χ3n) is 2.27. The summed E-state index contributed by atoms with van der Waals surface area (Å²) in [6.45, 7) is 3.86. The maximum Gasteiger partial charge on any atom is 0.251 e. The normalized spacial score (nSPS) is 16.0. The molecule has 92 valence electrons. The summed E-state index contributed by atoms with van der Waals surface area (Å²) in [5, 5.41) is 2.51. The van der Waals surface area contributed by atoms with Crippen molar-refractivity contribution in [1.82, 2.24) is 4.72 Å². The second-order valence-electron chi connectivity index (χ2n) is 3.60. The Hall–Kier alpha value is 0.570. The predicted octanol–water partition coefficient (Wildman–Crippen LogP) is 3.21. The predicted molar refractivity (Wildman–Crippen MR) is 74.8 cm³/mol. The van der Waals surface area contributed by atoms with Gasteiger partial charge in [0.1, 0.15) is 4.21 Å². The van der Waals surface area contributed by atoms with Gasteiger partial charge < -0.3 is 0 Å². The highest BCUT2D eigenvalue weighted by atomic mass is 79.9. The Kier molecular flexibility index (Phi) is 5.44. The van der Waals surface area contributed by atoms with Crippen molar-refractivity contribution in [3.05, 3.63) is 15.9 Å². The maximum atomic E-state index is 12.0. The smallest absolute Gasteiger partial charge is 0.207 e. The van der Waals surface area contributed by atoms with Crippen LogP contribution in [0.4, 0.5) is 0 Å². The quantitative estimate of drug-likeness (QED) is 0.784. The third kappa shape index (κ3) is 3.53. The molecule has 2 atom stereocenters. The van der Waals surface area contributed by atoms with E-state index >= 15 is 0 Å². The zero-order chi connectivity index (χ0) is 12.3. The molecule has 0 radical (unpaired) electrons. The first kappa shape index (κ1) is 14.6. The van der Waals surface area contributed by atoms with E-state index in [1.807, 2.05) is 13.8 Å². The summed E-state index contributed by atoms with van der Waals surface area (Å²) in [5.41, 5.74) is 0. The first-order valence-corrected chi connectivity index (χ1v) is 8.97. The van der Waals surface area contributed by atoms with Crippen molar-refractivity contribution in [2.75, 3.05) is 5.33 Å². The Morgan fingerprint density at radius 3 is 2.56 bits per heavy atom. The van der Waals surface area contributed by atoms with Gasteiger partial charge in [-0.15, -0.1) is 11.3 Å². The van der Waals surface area contributed by atoms with Crippen LogP contribution in [0.25, 0.3) is 0 Å². The molecule has 0 saturated carbocycles. The molecule has 0 fully saturated rings. The van der Waals surface area contributed by atoms with Gasteiger partial charge in [-0.3, -0.25) is 0 Å². The van der Waals surface area contributed by atoms with Crippen LogP contribution >= 0.6 is 43.2 Å². The number of alkyl halides is 1. The molecule has 16 heavy (non-hydrogen) atoms. The van der Waals surface area contributed by atoms with Crippen LogP contribution in [0.1, 0.15) is 13.8 Å². The number of nitrogens with one attached hydrogen (secondary N) is 1. The molecule has 0 aliphatic rings. The first-order valence-electron chi connectivity index (χ1n) is 4.69. The van der Waals surface area contributed by atoms with Crippen molar-refractivity contribution in [2.45, 2.75) is 24.1 Å². The van der Waals surface area contributed by atoms with Gasteiger partial charge in [-0.2, -0.15) is 0 Å². The highest BCUT2D eigenvalue weighted by Crippen LogP contribution is 2.27. The molecule has 7 heteroatoms. The van der Waals surface area contributed by atoms with E-state index in [0.717, 1.165) is 5.33 Å². The summed E-state index contributed by atoms with van der Waals surface area (Å²) in [6.07, 6.45) is 0. The number of thiophene rings is 1. The summed E-state index contributed by atoms with van der Waals surface area (Å²) < 4.78 is 27.6. The standard InChI is InChI=1S/C9H13Br2NO2S2/c1-6(5-10)7(2)12-16(13,14)9-8(11)3-4-15-9/h3-4,6-7,12H,5H2,1-2H3. The molecule has 1 heterocycles. The van der Waals surface area contributed by atoms with Gasteiger partial charge in [-0.1, -0.05) is 22.9 Å². The van der Waals surface area contributed by atoms with E-state index in [0.29, 0.717) is 8.68 Å². The molecule has 0 bridgehead atoms. The molecule has 0 aliphatic heterocycles. The van der Waals surface area contributed by atoms with Crippen LogP contribution in [-0.4, -0.2) is 19.8 Å². The monoisotopic (exact) mass is 389 g/mol. The van der Waals surface area contributed by atoms with E-state index in [2.05, 4.69) is 36.6 Å². The van der Waals surface area contributed by atoms with E-state index in [9.17, 15) is 8.42 Å². The lowest BCUT2D eigenvalue weighted by Crippen LogP contribution is -2.37. The average Bonchev–Trinajstić information content (AvgIpc) is 2.63. The lowest BCUT2D eigenvalue weighted by Gasteiger charge is -2.18. The van der Waals surface area contributed by atoms with E-state index in [4.69, 9.17) is 0 Å². The molecule has 1 rings (SSSR count). The summed E-state index contributed by atoms with van der Waals surface area (Å²) in [7, 11) is -3.40. The molecule has 0 saturated heterocycles. The van der Waals surface area contributed by atoms with Crippen molar-refractivity contribution in [3.8, 4) is 0 Å². The summed E-state index contributed by atoms with van der Waals surface area (Å²) >= 11 is 7.78. The number of sulfonamides is 1. The van der Waals surface area contributed by atoms with Gasteiger partial charge in [-0.05, 0) is 40.2 Å². The zero-order valence-corrected chi connectivity index (χ0v) is 13.7. The Bertz CT molecular complexity index is 444. The van der Waals surface area contributed by atoms with Crippen LogP contribution in [0, 0.1) is 5.92 Å². The lowest BCUT2D eigenvalue weighted by molar-refractivity contribution is 0.485. The second-order valence-corrected chi connectivity index (χ2v) is 7.92. The highest BCUT2D eigenvalue weighted by molar-refractivity contribution is 9.10. The van der Waals surface area contributed by atoms with Gasteiger partial charge in [0.05, 0.1) is 0 Å². The topological polar surface area (TPSA) is 46.2 Å². The molecular weight excluding hydrogens is 378 g/mol. The molecule has 3 nitrogen and oxygen atoms in total. The van der Waals surface area contributed by atoms with Crippen LogP contribution < -0.4 is 4.72 Å². The third-order valence-corrected chi connectivity index (χ3v) is 7.52. The number of hydrogen-bond acceptors (Lipinski definition) is 3. The second kappa shape index (κ2) is 5.95. The zero-order valence-electron chi connectivity index (χ0n) is 8.91. The summed E-state index contributed by atoms with van der Waals surface area (Å²) in [5.74, 6) is 0.244. The van der Waals surface area contributed by atoms with E-state index in [1.165, 1.54) is 11.3 Å². The average molecular weight is 391 g/mol. The lowest BCUT2D eigenvalue weighted by atomic mass is 10.1. The summed E-state index contributed by atoms with van der Waals surface area (Å²) in [6, 6.07) is 1.64. The minimum atomic E-state index is -3.40. The van der Waals surface area contributed by atoms with Gasteiger partial charge in [-0.25, -0.2) is 13.1 Å². The molecule has 1 N–H and O–H groups in total. The Morgan fingerprint density at radius 1 is 1.50 bits per heavy atom. The van der Waals surface area contributed by atoms with Crippen molar-refractivity contribution >= 4 is 53.2 Å². The largest absolute Gasteiger partial charge is 0.251 e. The summed E-state index contributed by atoms with van der Waals surface area (Å²) in [4.78, 5) is 0. The van der Waals surface area contributed by atoms with Crippen molar-refractivity contribution in [2.24, 2.45) is 5.92 Å². The van der Waals surface area contributed by atoms with Crippen molar-refractivity contribution < 1.29 is 8.42 Å². The minimum absolute atomic E-state index is 0.0987. The van der Waals surface area contributed by atoms with Crippen LogP contribution in [0.5, 0.6) is 0 Å². The van der Waals surface area contributed by atoms with Crippen molar-refractivity contribution in [1.29, 1.82) is 0 Å². The van der Waals surface area contributed by atoms with Gasteiger partial charge in [0.2, 0.25) is 0 Å². The Balaban J connectivity index is 2.85. The molecule has 0 spiro atoms. The minimum Gasteiger partial charge on any atom is -0.207 e. The van der Waals surface area contributed by atoms with Crippen LogP contribution in [0.2, 0.25) is 0 Å². The van der Waals surface area contributed by atoms with E-state index < -0.39 is 10.0 Å². The van der Waals surface area contributed by atoms with Gasteiger partial charge in [0, 0.05) is 15.8 Å². The van der Waals surface area contributed by atoms with Crippen LogP contribution in [0.3, 0.4) is 0 Å². The fourth-order valence-electron chi connectivity index (χ4n) is 1.02. The van der Waals surface area contributed by atoms with Gasteiger partial charge in [0.15, 0.2) is 0 Å². The van der Waals surface area contributed by atoms with Crippen LogP contribution in [-0.2, 0) is 10.0 Å². The van der Waals surface area contributed by atoms with Gasteiger partial charge in [0.25, 0.3) is 10.0 Å². The Labute approximate surface area is 117 Å². The molecule has 0 amide bonds. The number of halogens is 2. The number of hydrogen-bond donors (Lipinski definition) is 1. The molecule has 2 unspecified atom stereocenters.